The van der Waals surface area contributed by atoms with E-state index in [0.29, 0.717) is 22.5 Å². The van der Waals surface area contributed by atoms with Gasteiger partial charge in [-0.1, -0.05) is 13.3 Å². The van der Waals surface area contributed by atoms with E-state index in [-0.39, 0.29) is 5.97 Å². The third-order valence-electron chi connectivity index (χ3n) is 3.93. The van der Waals surface area contributed by atoms with Crippen LogP contribution >= 0.6 is 11.8 Å². The fraction of sp³-hybridized carbons (Fsp3) is 0.529. The zero-order valence-corrected chi connectivity index (χ0v) is 16.0. The molecule has 0 bridgehead atoms. The van der Waals surface area contributed by atoms with Gasteiger partial charge in [-0.3, -0.25) is 18.7 Å². The highest BCUT2D eigenvalue weighted by Gasteiger charge is 2.22. The molecule has 0 aromatic carbocycles. The number of esters is 1. The number of thioether (sulfide) groups is 1. The number of hydrogen-bond donors (Lipinski definition) is 0. The second-order valence-corrected chi connectivity index (χ2v) is 7.13. The predicted octanol–water partition coefficient (Wildman–Crippen LogP) is 1.63. The Morgan fingerprint density at radius 2 is 1.96 bits per heavy atom. The molecule has 0 radical (unpaired) electrons. The standard InChI is InChI=1S/C17H23N3O4S/c1-6-8-11-9-18-14-12(15(21)20(5)17(23)19(14)4)13(11)25-10(3)16(22)24-7-2/h9-10H,6-8H2,1-5H3/t10-/m1/s1. The largest absolute Gasteiger partial charge is 0.465 e. The number of rotatable bonds is 6. The molecule has 0 saturated heterocycles. The van der Waals surface area contributed by atoms with E-state index in [0.717, 1.165) is 23.0 Å². The second-order valence-electron chi connectivity index (χ2n) is 5.78. The second kappa shape index (κ2) is 7.86. The van der Waals surface area contributed by atoms with Crippen LogP contribution in [-0.2, 0) is 30.0 Å². The highest BCUT2D eigenvalue weighted by Crippen LogP contribution is 2.32. The maximum atomic E-state index is 12.7. The molecule has 0 saturated carbocycles. The van der Waals surface area contributed by atoms with Crippen LogP contribution in [0.15, 0.2) is 20.7 Å². The maximum absolute atomic E-state index is 12.7. The highest BCUT2D eigenvalue weighted by molar-refractivity contribution is 8.00. The third-order valence-corrected chi connectivity index (χ3v) is 5.18. The lowest BCUT2D eigenvalue weighted by Crippen LogP contribution is -2.37. The van der Waals surface area contributed by atoms with E-state index in [1.807, 2.05) is 6.92 Å². The molecule has 0 fully saturated rings. The maximum Gasteiger partial charge on any atom is 0.332 e. The summed E-state index contributed by atoms with van der Waals surface area (Å²) in [4.78, 5) is 41.9. The molecule has 0 amide bonds. The molecule has 0 aliphatic carbocycles. The number of aryl methyl sites for hydroxylation is 2. The predicted molar refractivity (Wildman–Crippen MR) is 98.2 cm³/mol. The van der Waals surface area contributed by atoms with Gasteiger partial charge < -0.3 is 4.74 Å². The van der Waals surface area contributed by atoms with Gasteiger partial charge in [0.25, 0.3) is 5.56 Å². The average molecular weight is 365 g/mol. The van der Waals surface area contributed by atoms with Gasteiger partial charge in [0.1, 0.15) is 10.9 Å². The Labute approximate surface area is 150 Å². The summed E-state index contributed by atoms with van der Waals surface area (Å²) in [6, 6.07) is 0. The molecular weight excluding hydrogens is 342 g/mol. The van der Waals surface area contributed by atoms with E-state index < -0.39 is 16.5 Å². The first-order valence-electron chi connectivity index (χ1n) is 8.24. The van der Waals surface area contributed by atoms with E-state index >= 15 is 0 Å². The fourth-order valence-corrected chi connectivity index (χ4v) is 3.73. The number of carbonyl (C=O) groups excluding carboxylic acids is 1. The summed E-state index contributed by atoms with van der Waals surface area (Å²) in [6.45, 7) is 5.84. The lowest BCUT2D eigenvalue weighted by atomic mass is 10.1. The van der Waals surface area contributed by atoms with Gasteiger partial charge in [0.2, 0.25) is 0 Å². The molecule has 2 aromatic heterocycles. The van der Waals surface area contributed by atoms with Crippen molar-refractivity contribution >= 4 is 28.8 Å². The molecule has 8 heteroatoms. The molecule has 136 valence electrons. The van der Waals surface area contributed by atoms with Gasteiger partial charge in [0, 0.05) is 25.2 Å². The van der Waals surface area contributed by atoms with Crippen molar-refractivity contribution in [3.8, 4) is 0 Å². The molecular formula is C17H23N3O4S. The molecule has 1 atom stereocenters. The van der Waals surface area contributed by atoms with E-state index in [2.05, 4.69) is 4.98 Å². The van der Waals surface area contributed by atoms with Crippen molar-refractivity contribution in [1.29, 1.82) is 0 Å². The molecule has 0 N–H and O–H groups in total. The summed E-state index contributed by atoms with van der Waals surface area (Å²) >= 11 is 1.28. The van der Waals surface area contributed by atoms with Crippen LogP contribution in [0.25, 0.3) is 11.0 Å². The quantitative estimate of drug-likeness (QED) is 0.571. The lowest BCUT2D eigenvalue weighted by molar-refractivity contribution is -0.142. The molecule has 0 aliphatic rings. The highest BCUT2D eigenvalue weighted by atomic mass is 32.2. The Bertz CT molecular complexity index is 917. The minimum atomic E-state index is -0.469. The number of pyridine rings is 1. The molecule has 7 nitrogen and oxygen atoms in total. The summed E-state index contributed by atoms with van der Waals surface area (Å²) in [6.07, 6.45) is 3.29. The van der Waals surface area contributed by atoms with Gasteiger partial charge in [0.15, 0.2) is 0 Å². The van der Waals surface area contributed by atoms with Crippen LogP contribution in [0.4, 0.5) is 0 Å². The third kappa shape index (κ3) is 3.63. The minimum Gasteiger partial charge on any atom is -0.465 e. The van der Waals surface area contributed by atoms with Gasteiger partial charge in [-0.2, -0.15) is 0 Å². The zero-order chi connectivity index (χ0) is 18.7. The summed E-state index contributed by atoms with van der Waals surface area (Å²) in [5, 5.41) is -0.0974. The van der Waals surface area contributed by atoms with Crippen molar-refractivity contribution in [3.05, 3.63) is 32.6 Å². The van der Waals surface area contributed by atoms with Gasteiger partial charge in [-0.15, -0.1) is 11.8 Å². The Balaban J connectivity index is 2.74. The number of aromatic nitrogens is 3. The minimum absolute atomic E-state index is 0.304. The first kappa shape index (κ1) is 19.2. The Morgan fingerprint density at radius 3 is 2.56 bits per heavy atom. The van der Waals surface area contributed by atoms with Gasteiger partial charge in [0.05, 0.1) is 12.0 Å². The molecule has 0 spiro atoms. The van der Waals surface area contributed by atoms with Crippen LogP contribution in [-0.4, -0.2) is 31.9 Å². The van der Waals surface area contributed by atoms with Crippen LogP contribution < -0.4 is 11.2 Å². The molecule has 2 rings (SSSR count). The normalized spacial score (nSPS) is 12.4. The first-order valence-corrected chi connectivity index (χ1v) is 9.12. The number of carbonyl (C=O) groups is 1. The first-order chi connectivity index (χ1) is 11.8. The molecule has 25 heavy (non-hydrogen) atoms. The topological polar surface area (TPSA) is 83.2 Å². The van der Waals surface area contributed by atoms with Crippen LogP contribution in [0.5, 0.6) is 0 Å². The monoisotopic (exact) mass is 365 g/mol. The SMILES string of the molecule is CCCc1cnc2c(c1S[C@H](C)C(=O)OCC)c(=O)n(C)c(=O)n2C. The van der Waals surface area contributed by atoms with Gasteiger partial charge >= 0.3 is 11.7 Å². The molecule has 0 aliphatic heterocycles. The van der Waals surface area contributed by atoms with E-state index in [1.165, 1.54) is 23.4 Å². The van der Waals surface area contributed by atoms with Crippen molar-refractivity contribution in [1.82, 2.24) is 14.1 Å². The van der Waals surface area contributed by atoms with Gasteiger partial charge in [-0.25, -0.2) is 9.78 Å². The van der Waals surface area contributed by atoms with Crippen LogP contribution in [0, 0.1) is 0 Å². The van der Waals surface area contributed by atoms with E-state index in [4.69, 9.17) is 4.74 Å². The molecule has 2 heterocycles. The van der Waals surface area contributed by atoms with Crippen molar-refractivity contribution in [2.45, 2.75) is 43.8 Å². The zero-order valence-electron chi connectivity index (χ0n) is 15.2. The number of ether oxygens (including phenoxy) is 1. The Morgan fingerprint density at radius 1 is 1.28 bits per heavy atom. The summed E-state index contributed by atoms with van der Waals surface area (Å²) in [5.74, 6) is -0.332. The fourth-order valence-electron chi connectivity index (χ4n) is 2.61. The summed E-state index contributed by atoms with van der Waals surface area (Å²) in [5.41, 5.74) is 0.392. The Kier molecular flexibility index (Phi) is 6.05. The summed E-state index contributed by atoms with van der Waals surface area (Å²) in [7, 11) is 3.03. The summed E-state index contributed by atoms with van der Waals surface area (Å²) < 4.78 is 7.49. The van der Waals surface area contributed by atoms with E-state index in [1.54, 1.807) is 27.1 Å². The molecule has 0 unspecified atom stereocenters. The average Bonchev–Trinajstić information content (AvgIpc) is 2.59. The smallest absolute Gasteiger partial charge is 0.332 e. The van der Waals surface area contributed by atoms with Crippen molar-refractivity contribution in [3.63, 3.8) is 0 Å². The van der Waals surface area contributed by atoms with Crippen molar-refractivity contribution in [2.24, 2.45) is 14.1 Å². The van der Waals surface area contributed by atoms with Crippen molar-refractivity contribution < 1.29 is 9.53 Å². The number of nitrogens with zero attached hydrogens (tertiary/aromatic N) is 3. The number of fused-ring (bicyclic) bond motifs is 1. The molecule has 2 aromatic rings. The van der Waals surface area contributed by atoms with Crippen LogP contribution in [0.1, 0.15) is 32.8 Å². The van der Waals surface area contributed by atoms with Crippen molar-refractivity contribution in [2.75, 3.05) is 6.61 Å². The Hall–Kier alpha value is -2.09. The lowest BCUT2D eigenvalue weighted by Gasteiger charge is -2.16. The van der Waals surface area contributed by atoms with E-state index in [9.17, 15) is 14.4 Å². The van der Waals surface area contributed by atoms with Crippen LogP contribution in [0.3, 0.4) is 0 Å². The van der Waals surface area contributed by atoms with Gasteiger partial charge in [-0.05, 0) is 25.8 Å². The van der Waals surface area contributed by atoms with Crippen LogP contribution in [0.2, 0.25) is 0 Å². The number of hydrogen-bond acceptors (Lipinski definition) is 6.